The topological polar surface area (TPSA) is 53.2 Å². The number of nitrogens with one attached hydrogen (secondary N) is 3. The molecule has 0 radical (unpaired) electrons. The lowest BCUT2D eigenvalue weighted by molar-refractivity contribution is 0.0958. The molecule has 0 fully saturated rings. The molecule has 0 aliphatic heterocycles. The Morgan fingerprint density at radius 1 is 1.03 bits per heavy atom. The average Bonchev–Trinajstić information content (AvgIpc) is 2.76. The van der Waals surface area contributed by atoms with Gasteiger partial charge in [-0.25, -0.2) is 22.0 Å². The minimum absolute atomic E-state index is 0.0447. The molecule has 4 nitrogen and oxygen atoms in total. The fourth-order valence-electron chi connectivity index (χ4n) is 3.27. The van der Waals surface area contributed by atoms with Crippen LogP contribution < -0.4 is 16.0 Å². The SMILES string of the molecule is CC(NC(=S)NC1=CC=C(NC(=O)c2cc(F)c(F)c(F)c2F)CC1(C)Cl)c1ccc(F)cc1. The predicted octanol–water partition coefficient (Wildman–Crippen LogP) is 5.51. The first-order valence-electron chi connectivity index (χ1n) is 9.96. The summed E-state index contributed by atoms with van der Waals surface area (Å²) in [7, 11) is 0. The molecule has 0 saturated carbocycles. The van der Waals surface area contributed by atoms with E-state index in [-0.39, 0.29) is 35.2 Å². The van der Waals surface area contributed by atoms with Crippen molar-refractivity contribution in [2.75, 3.05) is 0 Å². The van der Waals surface area contributed by atoms with Crippen molar-refractivity contribution >= 4 is 34.8 Å². The van der Waals surface area contributed by atoms with Crippen LogP contribution in [0.4, 0.5) is 22.0 Å². The van der Waals surface area contributed by atoms with Gasteiger partial charge in [0.05, 0.1) is 16.5 Å². The Labute approximate surface area is 202 Å². The number of rotatable bonds is 5. The van der Waals surface area contributed by atoms with Crippen molar-refractivity contribution in [2.24, 2.45) is 0 Å². The smallest absolute Gasteiger partial charge is 0.258 e. The summed E-state index contributed by atoms with van der Waals surface area (Å²) in [5, 5.41) is 8.60. The fourth-order valence-corrected chi connectivity index (χ4v) is 3.81. The van der Waals surface area contributed by atoms with Gasteiger partial charge >= 0.3 is 0 Å². The summed E-state index contributed by atoms with van der Waals surface area (Å²) in [6, 6.07) is 5.97. The average molecular weight is 516 g/mol. The fraction of sp³-hybridized carbons (Fsp3) is 0.217. The number of carbonyl (C=O) groups is 1. The van der Waals surface area contributed by atoms with Gasteiger partial charge in [-0.15, -0.1) is 11.6 Å². The number of alkyl halides is 1. The number of halogens is 6. The molecule has 1 aliphatic rings. The van der Waals surface area contributed by atoms with E-state index in [0.29, 0.717) is 5.70 Å². The zero-order chi connectivity index (χ0) is 25.2. The van der Waals surface area contributed by atoms with Crippen molar-refractivity contribution < 1.29 is 26.7 Å². The molecule has 2 aromatic carbocycles. The molecule has 0 aromatic heterocycles. The molecule has 0 bridgehead atoms. The monoisotopic (exact) mass is 515 g/mol. The Morgan fingerprint density at radius 2 is 1.68 bits per heavy atom. The van der Waals surface area contributed by atoms with Gasteiger partial charge in [0.15, 0.2) is 28.4 Å². The number of carbonyl (C=O) groups excluding carboxylic acids is 1. The highest BCUT2D eigenvalue weighted by molar-refractivity contribution is 7.80. The number of allylic oxidation sites excluding steroid dienone is 4. The first kappa shape index (κ1) is 25.6. The molecule has 0 heterocycles. The van der Waals surface area contributed by atoms with Crippen LogP contribution in [0.1, 0.15) is 42.2 Å². The van der Waals surface area contributed by atoms with Gasteiger partial charge in [-0.05, 0) is 62.0 Å². The lowest BCUT2D eigenvalue weighted by Crippen LogP contribution is -2.43. The summed E-state index contributed by atoms with van der Waals surface area (Å²) in [6.07, 6.45) is 3.04. The Bertz CT molecular complexity index is 1200. The van der Waals surface area contributed by atoms with E-state index in [0.717, 1.165) is 5.56 Å². The van der Waals surface area contributed by atoms with Crippen molar-refractivity contribution in [1.29, 1.82) is 0 Å². The van der Waals surface area contributed by atoms with Gasteiger partial charge in [-0.1, -0.05) is 12.1 Å². The standard InChI is InChI=1S/C23H19ClF5N3OS/c1-11(12-3-5-13(25)6-4-12)30-22(34)32-17-8-7-14(10-23(17,2)24)31-21(33)15-9-16(26)19(28)20(29)18(15)27/h3-9,11H,10H2,1-2H3,(H,31,33)(H2,30,32,34). The molecular formula is C23H19ClF5N3OS. The van der Waals surface area contributed by atoms with Gasteiger partial charge < -0.3 is 16.0 Å². The van der Waals surface area contributed by atoms with E-state index >= 15 is 0 Å². The van der Waals surface area contributed by atoms with Gasteiger partial charge in [0, 0.05) is 17.8 Å². The summed E-state index contributed by atoms with van der Waals surface area (Å²) >= 11 is 11.9. The van der Waals surface area contributed by atoms with Crippen LogP contribution in [0.15, 0.2) is 53.9 Å². The van der Waals surface area contributed by atoms with Gasteiger partial charge in [-0.2, -0.15) is 0 Å². The quantitative estimate of drug-likeness (QED) is 0.162. The first-order chi connectivity index (χ1) is 15.9. The van der Waals surface area contributed by atoms with E-state index in [2.05, 4.69) is 16.0 Å². The normalized spacial score (nSPS) is 18.5. The second-order valence-electron chi connectivity index (χ2n) is 7.82. The highest BCUT2D eigenvalue weighted by Gasteiger charge is 2.32. The number of amides is 1. The molecular weight excluding hydrogens is 497 g/mol. The second-order valence-corrected chi connectivity index (χ2v) is 9.06. The van der Waals surface area contributed by atoms with Crippen molar-refractivity contribution in [1.82, 2.24) is 16.0 Å². The molecule has 3 rings (SSSR count). The third-order valence-corrected chi connectivity index (χ3v) is 5.68. The van der Waals surface area contributed by atoms with E-state index in [1.165, 1.54) is 24.3 Å². The molecule has 0 saturated heterocycles. The van der Waals surface area contributed by atoms with Gasteiger partial charge in [0.1, 0.15) is 5.82 Å². The third-order valence-electron chi connectivity index (χ3n) is 5.12. The molecule has 1 aliphatic carbocycles. The van der Waals surface area contributed by atoms with Crippen molar-refractivity contribution in [3.63, 3.8) is 0 Å². The van der Waals surface area contributed by atoms with E-state index in [1.807, 2.05) is 6.92 Å². The second kappa shape index (κ2) is 10.1. The Kier molecular flexibility index (Phi) is 7.62. The van der Waals surface area contributed by atoms with E-state index in [9.17, 15) is 26.7 Å². The van der Waals surface area contributed by atoms with Crippen LogP contribution in [0.25, 0.3) is 0 Å². The maximum atomic E-state index is 13.9. The Balaban J connectivity index is 1.69. The van der Waals surface area contributed by atoms with Crippen molar-refractivity contribution in [3.8, 4) is 0 Å². The van der Waals surface area contributed by atoms with Crippen LogP contribution in [-0.4, -0.2) is 15.9 Å². The van der Waals surface area contributed by atoms with Gasteiger partial charge in [0.2, 0.25) is 0 Å². The Hall–Kier alpha value is -2.98. The highest BCUT2D eigenvalue weighted by atomic mass is 35.5. The van der Waals surface area contributed by atoms with E-state index in [1.54, 1.807) is 19.1 Å². The molecule has 2 unspecified atom stereocenters. The van der Waals surface area contributed by atoms with E-state index in [4.69, 9.17) is 23.8 Å². The molecule has 2 atom stereocenters. The molecule has 3 N–H and O–H groups in total. The number of benzene rings is 2. The first-order valence-corrected chi connectivity index (χ1v) is 10.7. The van der Waals surface area contributed by atoms with Crippen LogP contribution in [-0.2, 0) is 0 Å². The van der Waals surface area contributed by atoms with Crippen LogP contribution in [0.5, 0.6) is 0 Å². The molecule has 2 aromatic rings. The third kappa shape index (κ3) is 5.74. The summed E-state index contributed by atoms with van der Waals surface area (Å²) in [5.41, 5.74) is 0.543. The molecule has 1 amide bonds. The number of hydrogen-bond donors (Lipinski definition) is 3. The molecule has 0 spiro atoms. The minimum atomic E-state index is -2.08. The van der Waals surface area contributed by atoms with Crippen LogP contribution >= 0.6 is 23.8 Å². The van der Waals surface area contributed by atoms with Gasteiger partial charge in [-0.3, -0.25) is 4.79 Å². The number of hydrogen-bond acceptors (Lipinski definition) is 2. The zero-order valence-electron chi connectivity index (χ0n) is 17.9. The summed E-state index contributed by atoms with van der Waals surface area (Å²) in [6.45, 7) is 3.47. The van der Waals surface area contributed by atoms with Crippen LogP contribution in [0, 0.1) is 29.1 Å². The zero-order valence-corrected chi connectivity index (χ0v) is 19.5. The maximum Gasteiger partial charge on any atom is 0.258 e. The number of thiocarbonyl (C=S) groups is 1. The largest absolute Gasteiger partial charge is 0.356 e. The van der Waals surface area contributed by atoms with E-state index < -0.39 is 39.6 Å². The predicted molar refractivity (Wildman–Crippen MR) is 122 cm³/mol. The summed E-state index contributed by atoms with van der Waals surface area (Å²) < 4.78 is 67.0. The lowest BCUT2D eigenvalue weighted by Gasteiger charge is -2.31. The lowest BCUT2D eigenvalue weighted by atomic mass is 9.95. The molecule has 180 valence electrons. The minimum Gasteiger partial charge on any atom is -0.356 e. The molecule has 34 heavy (non-hydrogen) atoms. The molecule has 11 heteroatoms. The summed E-state index contributed by atoms with van der Waals surface area (Å²) in [4.78, 5) is 11.2. The van der Waals surface area contributed by atoms with Crippen molar-refractivity contribution in [3.05, 3.63) is 94.1 Å². The Morgan fingerprint density at radius 3 is 2.29 bits per heavy atom. The van der Waals surface area contributed by atoms with Crippen LogP contribution in [0.2, 0.25) is 0 Å². The van der Waals surface area contributed by atoms with Gasteiger partial charge in [0.25, 0.3) is 5.91 Å². The highest BCUT2D eigenvalue weighted by Crippen LogP contribution is 2.33. The van der Waals surface area contributed by atoms with Crippen molar-refractivity contribution in [2.45, 2.75) is 31.2 Å². The maximum absolute atomic E-state index is 13.9. The summed E-state index contributed by atoms with van der Waals surface area (Å²) in [5.74, 6) is -9.08. The van der Waals surface area contributed by atoms with Crippen LogP contribution in [0.3, 0.4) is 0 Å².